The van der Waals surface area contributed by atoms with E-state index >= 15 is 0 Å². The average molecular weight is 236 g/mol. The van der Waals surface area contributed by atoms with E-state index in [1.807, 2.05) is 32.9 Å². The zero-order valence-corrected chi connectivity index (χ0v) is 10.6. The molecule has 0 radical (unpaired) electrons. The van der Waals surface area contributed by atoms with E-state index in [9.17, 15) is 4.79 Å². The molecule has 1 rings (SSSR count). The lowest BCUT2D eigenvalue weighted by Crippen LogP contribution is -2.23. The van der Waals surface area contributed by atoms with Gasteiger partial charge in [-0.1, -0.05) is 12.1 Å². The first-order chi connectivity index (χ1) is 7.88. The van der Waals surface area contributed by atoms with Gasteiger partial charge in [-0.2, -0.15) is 0 Å². The number of nitrogen functional groups attached to an aromatic ring is 1. The fraction of sp³-hybridized carbons (Fsp3) is 0.462. The van der Waals surface area contributed by atoms with E-state index in [1.165, 1.54) is 0 Å². The quantitative estimate of drug-likeness (QED) is 0.789. The molecule has 3 N–H and O–H groups in total. The van der Waals surface area contributed by atoms with Crippen LogP contribution in [0.15, 0.2) is 24.3 Å². The topological polar surface area (TPSA) is 64.3 Å². The highest BCUT2D eigenvalue weighted by Gasteiger charge is 2.11. The molecule has 0 saturated heterocycles. The van der Waals surface area contributed by atoms with Crippen LogP contribution in [0.2, 0.25) is 0 Å². The van der Waals surface area contributed by atoms with E-state index in [1.54, 1.807) is 12.1 Å². The zero-order chi connectivity index (χ0) is 12.9. The monoisotopic (exact) mass is 236 g/mol. The van der Waals surface area contributed by atoms with Crippen LogP contribution >= 0.6 is 0 Å². The summed E-state index contributed by atoms with van der Waals surface area (Å²) in [7, 11) is 0. The Bertz CT molecular complexity index is 383. The number of benzene rings is 1. The Balaban J connectivity index is 2.38. The number of para-hydroxylation sites is 2. The Labute approximate surface area is 102 Å². The van der Waals surface area contributed by atoms with Gasteiger partial charge in [-0.05, 0) is 32.9 Å². The van der Waals surface area contributed by atoms with Gasteiger partial charge in [-0.25, -0.2) is 0 Å². The Kier molecular flexibility index (Phi) is 4.52. The van der Waals surface area contributed by atoms with Crippen LogP contribution in [0.5, 0.6) is 0 Å². The fourth-order valence-electron chi connectivity index (χ4n) is 1.27. The molecule has 0 spiro atoms. The van der Waals surface area contributed by atoms with E-state index in [0.717, 1.165) is 0 Å². The van der Waals surface area contributed by atoms with Crippen molar-refractivity contribution in [3.63, 3.8) is 0 Å². The highest BCUT2D eigenvalue weighted by atomic mass is 16.5. The first-order valence-corrected chi connectivity index (χ1v) is 5.67. The molecule has 94 valence electrons. The van der Waals surface area contributed by atoms with Crippen molar-refractivity contribution in [1.82, 2.24) is 0 Å². The molecule has 0 aliphatic rings. The van der Waals surface area contributed by atoms with Crippen LogP contribution < -0.4 is 11.1 Å². The summed E-state index contributed by atoms with van der Waals surface area (Å²) in [5, 5.41) is 2.75. The summed E-state index contributed by atoms with van der Waals surface area (Å²) in [6.07, 6.45) is 0.325. The second-order valence-electron chi connectivity index (χ2n) is 4.85. The lowest BCUT2D eigenvalue weighted by molar-refractivity contribution is -0.118. The lowest BCUT2D eigenvalue weighted by atomic mass is 10.2. The molecule has 1 aromatic carbocycles. The average Bonchev–Trinajstić information content (AvgIpc) is 2.19. The number of anilines is 2. The minimum Gasteiger partial charge on any atom is -0.397 e. The number of nitrogens with two attached hydrogens (primary N) is 1. The Morgan fingerprint density at radius 1 is 1.35 bits per heavy atom. The second-order valence-corrected chi connectivity index (χ2v) is 4.85. The number of hydrogen-bond acceptors (Lipinski definition) is 3. The third-order valence-electron chi connectivity index (χ3n) is 2.10. The van der Waals surface area contributed by atoms with Crippen molar-refractivity contribution in [2.24, 2.45) is 0 Å². The summed E-state index contributed by atoms with van der Waals surface area (Å²) in [6, 6.07) is 7.18. The van der Waals surface area contributed by atoms with Gasteiger partial charge in [0.1, 0.15) is 0 Å². The van der Waals surface area contributed by atoms with E-state index < -0.39 is 0 Å². The molecule has 0 fully saturated rings. The number of carbonyl (C=O) groups is 1. The van der Waals surface area contributed by atoms with Gasteiger partial charge in [-0.3, -0.25) is 4.79 Å². The van der Waals surface area contributed by atoms with Crippen molar-refractivity contribution in [3.8, 4) is 0 Å². The zero-order valence-electron chi connectivity index (χ0n) is 10.6. The molecular weight excluding hydrogens is 216 g/mol. The maximum atomic E-state index is 11.6. The van der Waals surface area contributed by atoms with Gasteiger partial charge in [0.2, 0.25) is 5.91 Å². The molecule has 0 aliphatic heterocycles. The van der Waals surface area contributed by atoms with Crippen LogP contribution in [0.25, 0.3) is 0 Å². The molecule has 0 saturated carbocycles. The Morgan fingerprint density at radius 3 is 2.59 bits per heavy atom. The minimum absolute atomic E-state index is 0.0906. The van der Waals surface area contributed by atoms with Gasteiger partial charge >= 0.3 is 0 Å². The molecule has 0 aliphatic carbocycles. The highest BCUT2D eigenvalue weighted by Crippen LogP contribution is 2.16. The van der Waals surface area contributed by atoms with Crippen LogP contribution in [-0.2, 0) is 9.53 Å². The van der Waals surface area contributed by atoms with Gasteiger partial charge in [0, 0.05) is 0 Å². The summed E-state index contributed by atoms with van der Waals surface area (Å²) in [5.41, 5.74) is 6.72. The third-order valence-corrected chi connectivity index (χ3v) is 2.10. The molecule has 0 heterocycles. The maximum Gasteiger partial charge on any atom is 0.226 e. The van der Waals surface area contributed by atoms with Gasteiger partial charge < -0.3 is 15.8 Å². The van der Waals surface area contributed by atoms with E-state index in [0.29, 0.717) is 24.4 Å². The smallest absolute Gasteiger partial charge is 0.226 e. The lowest BCUT2D eigenvalue weighted by Gasteiger charge is -2.19. The number of nitrogens with one attached hydrogen (secondary N) is 1. The van der Waals surface area contributed by atoms with Gasteiger partial charge in [0.25, 0.3) is 0 Å². The van der Waals surface area contributed by atoms with E-state index in [-0.39, 0.29) is 11.5 Å². The normalized spacial score (nSPS) is 11.2. The molecule has 1 amide bonds. The predicted molar refractivity (Wildman–Crippen MR) is 69.8 cm³/mol. The van der Waals surface area contributed by atoms with Crippen molar-refractivity contribution in [2.45, 2.75) is 32.8 Å². The molecule has 1 aromatic rings. The first kappa shape index (κ1) is 13.5. The van der Waals surface area contributed by atoms with Crippen molar-refractivity contribution in [3.05, 3.63) is 24.3 Å². The largest absolute Gasteiger partial charge is 0.397 e. The van der Waals surface area contributed by atoms with Crippen molar-refractivity contribution in [2.75, 3.05) is 17.7 Å². The molecule has 17 heavy (non-hydrogen) atoms. The molecule has 0 atom stereocenters. The first-order valence-electron chi connectivity index (χ1n) is 5.67. The summed E-state index contributed by atoms with van der Waals surface area (Å²) in [6.45, 7) is 6.28. The van der Waals surface area contributed by atoms with Crippen LogP contribution in [0, 0.1) is 0 Å². The number of amides is 1. The van der Waals surface area contributed by atoms with Crippen molar-refractivity contribution >= 4 is 17.3 Å². The highest BCUT2D eigenvalue weighted by molar-refractivity contribution is 5.93. The molecule has 0 bridgehead atoms. The van der Waals surface area contributed by atoms with E-state index in [4.69, 9.17) is 10.5 Å². The van der Waals surface area contributed by atoms with E-state index in [2.05, 4.69) is 5.32 Å². The molecule has 0 unspecified atom stereocenters. The Morgan fingerprint density at radius 2 is 2.00 bits per heavy atom. The maximum absolute atomic E-state index is 11.6. The van der Waals surface area contributed by atoms with Crippen LogP contribution in [0.4, 0.5) is 11.4 Å². The molecule has 4 heteroatoms. The summed E-state index contributed by atoms with van der Waals surface area (Å²) >= 11 is 0. The third kappa shape index (κ3) is 5.36. The van der Waals surface area contributed by atoms with Crippen LogP contribution in [0.1, 0.15) is 27.2 Å². The molecule has 4 nitrogen and oxygen atoms in total. The number of rotatable bonds is 4. The van der Waals surface area contributed by atoms with Crippen molar-refractivity contribution in [1.29, 1.82) is 0 Å². The number of ether oxygens (including phenoxy) is 1. The van der Waals surface area contributed by atoms with Crippen molar-refractivity contribution < 1.29 is 9.53 Å². The predicted octanol–water partition coefficient (Wildman–Crippen LogP) is 2.41. The standard InChI is InChI=1S/C13H20N2O2/c1-13(2,3)17-9-8-12(16)15-11-7-5-4-6-10(11)14/h4-7H,8-9,14H2,1-3H3,(H,15,16). The second kappa shape index (κ2) is 5.68. The fourth-order valence-corrected chi connectivity index (χ4v) is 1.27. The van der Waals surface area contributed by atoms with Gasteiger partial charge in [0.05, 0.1) is 30.0 Å². The van der Waals surface area contributed by atoms with Gasteiger partial charge in [-0.15, -0.1) is 0 Å². The SMILES string of the molecule is CC(C)(C)OCCC(=O)Nc1ccccc1N. The van der Waals surface area contributed by atoms with Crippen LogP contribution in [-0.4, -0.2) is 18.1 Å². The molecule has 0 aromatic heterocycles. The minimum atomic E-state index is -0.216. The van der Waals surface area contributed by atoms with Crippen LogP contribution in [0.3, 0.4) is 0 Å². The Hall–Kier alpha value is -1.55. The summed E-state index contributed by atoms with van der Waals surface area (Å²) in [4.78, 5) is 11.6. The molecular formula is C13H20N2O2. The van der Waals surface area contributed by atoms with Gasteiger partial charge in [0.15, 0.2) is 0 Å². The number of carbonyl (C=O) groups excluding carboxylic acids is 1. The summed E-state index contributed by atoms with van der Waals surface area (Å²) < 4.78 is 5.48. The number of hydrogen-bond donors (Lipinski definition) is 2. The summed E-state index contributed by atoms with van der Waals surface area (Å²) in [5.74, 6) is -0.0906.